The van der Waals surface area contributed by atoms with Crippen LogP contribution in [0.15, 0.2) is 41.8 Å². The van der Waals surface area contributed by atoms with Crippen molar-refractivity contribution in [2.24, 2.45) is 5.92 Å². The van der Waals surface area contributed by atoms with Crippen molar-refractivity contribution < 1.29 is 9.59 Å². The average molecular weight is 359 g/mol. The molecule has 0 saturated carbocycles. The predicted octanol–water partition coefficient (Wildman–Crippen LogP) is 4.23. The van der Waals surface area contributed by atoms with Gasteiger partial charge >= 0.3 is 0 Å². The number of thiophene rings is 1. The molecular formula is C20H26N2O2S. The third-order valence-corrected chi connectivity index (χ3v) is 4.84. The zero-order valence-corrected chi connectivity index (χ0v) is 15.9. The Morgan fingerprint density at radius 3 is 2.32 bits per heavy atom. The van der Waals surface area contributed by atoms with Crippen LogP contribution in [-0.4, -0.2) is 17.9 Å². The number of benzene rings is 1. The lowest BCUT2D eigenvalue weighted by molar-refractivity contribution is 0.0933. The number of hydrogen-bond donors (Lipinski definition) is 2. The van der Waals surface area contributed by atoms with Gasteiger partial charge in [-0.05, 0) is 54.8 Å². The lowest BCUT2D eigenvalue weighted by Gasteiger charge is -2.15. The number of carbonyl (C=O) groups is 2. The molecule has 0 fully saturated rings. The summed E-state index contributed by atoms with van der Waals surface area (Å²) in [6.07, 6.45) is 2.08. The summed E-state index contributed by atoms with van der Waals surface area (Å²) in [5.74, 6) is 0.518. The molecule has 5 heteroatoms. The fraction of sp³-hybridized carbons (Fsp3) is 0.400. The predicted molar refractivity (Wildman–Crippen MR) is 103 cm³/mol. The molecule has 0 aliphatic rings. The van der Waals surface area contributed by atoms with E-state index in [-0.39, 0.29) is 17.9 Å². The van der Waals surface area contributed by atoms with Gasteiger partial charge in [0.25, 0.3) is 11.8 Å². The first-order valence-electron chi connectivity index (χ1n) is 8.67. The van der Waals surface area contributed by atoms with E-state index in [4.69, 9.17) is 0 Å². The van der Waals surface area contributed by atoms with Crippen molar-refractivity contribution in [1.82, 2.24) is 10.6 Å². The maximum absolute atomic E-state index is 12.3. The molecule has 0 saturated heterocycles. The lowest BCUT2D eigenvalue weighted by atomic mass is 10.0. The summed E-state index contributed by atoms with van der Waals surface area (Å²) in [6.45, 7) is 6.85. The molecule has 2 rings (SSSR count). The first-order valence-corrected chi connectivity index (χ1v) is 9.55. The van der Waals surface area contributed by atoms with Crippen LogP contribution in [0.1, 0.15) is 59.2 Å². The zero-order valence-electron chi connectivity index (χ0n) is 15.0. The van der Waals surface area contributed by atoms with Crippen LogP contribution in [0.5, 0.6) is 0 Å². The van der Waals surface area contributed by atoms with Crippen molar-refractivity contribution in [3.63, 3.8) is 0 Å². The van der Waals surface area contributed by atoms with Crippen LogP contribution in [0.3, 0.4) is 0 Å². The summed E-state index contributed by atoms with van der Waals surface area (Å²) in [6, 6.07) is 11.2. The van der Waals surface area contributed by atoms with Crippen molar-refractivity contribution in [2.45, 2.75) is 46.2 Å². The Morgan fingerprint density at radius 2 is 1.72 bits per heavy atom. The molecule has 2 amide bonds. The number of rotatable bonds is 8. The van der Waals surface area contributed by atoms with Crippen molar-refractivity contribution in [2.75, 3.05) is 0 Å². The van der Waals surface area contributed by atoms with Gasteiger partial charge in [-0.3, -0.25) is 9.59 Å². The van der Waals surface area contributed by atoms with E-state index in [0.717, 1.165) is 18.4 Å². The maximum Gasteiger partial charge on any atom is 0.261 e. The minimum atomic E-state index is -0.0733. The van der Waals surface area contributed by atoms with E-state index in [1.807, 2.05) is 30.5 Å². The van der Waals surface area contributed by atoms with Crippen molar-refractivity contribution in [1.29, 1.82) is 0 Å². The second-order valence-corrected chi connectivity index (χ2v) is 7.65. The normalized spacial score (nSPS) is 12.0. The Balaban J connectivity index is 1.82. The van der Waals surface area contributed by atoms with E-state index in [1.165, 1.54) is 11.3 Å². The van der Waals surface area contributed by atoms with Gasteiger partial charge in [-0.25, -0.2) is 0 Å². The standard InChI is InChI=1S/C20H26N2O2S/c1-14(2)6-7-15(3)22-19(23)17-10-8-16(9-11-17)13-21-20(24)18-5-4-12-25-18/h4-5,8-12,14-15H,6-7,13H2,1-3H3,(H,21,24)(H,22,23)/t15-/m1/s1. The first-order chi connectivity index (χ1) is 12.0. The van der Waals surface area contributed by atoms with E-state index in [9.17, 15) is 9.59 Å². The molecule has 0 aliphatic heterocycles. The Labute approximate surface area is 153 Å². The molecule has 0 bridgehead atoms. The third kappa shape index (κ3) is 6.35. The molecule has 1 heterocycles. The Bertz CT molecular complexity index is 678. The van der Waals surface area contributed by atoms with Gasteiger partial charge in [-0.2, -0.15) is 0 Å². The van der Waals surface area contributed by atoms with E-state index in [0.29, 0.717) is 22.9 Å². The van der Waals surface area contributed by atoms with Crippen LogP contribution in [0.2, 0.25) is 0 Å². The highest BCUT2D eigenvalue weighted by molar-refractivity contribution is 7.12. The summed E-state index contributed by atoms with van der Waals surface area (Å²) in [7, 11) is 0. The average Bonchev–Trinajstić information content (AvgIpc) is 3.13. The molecule has 1 aromatic carbocycles. The summed E-state index contributed by atoms with van der Waals surface area (Å²) < 4.78 is 0. The minimum Gasteiger partial charge on any atom is -0.350 e. The molecule has 0 aliphatic carbocycles. The smallest absolute Gasteiger partial charge is 0.261 e. The summed E-state index contributed by atoms with van der Waals surface area (Å²) in [4.78, 5) is 24.9. The third-order valence-electron chi connectivity index (χ3n) is 3.97. The van der Waals surface area contributed by atoms with Crippen LogP contribution in [0, 0.1) is 5.92 Å². The molecule has 1 atom stereocenters. The molecule has 0 unspecified atom stereocenters. The second-order valence-electron chi connectivity index (χ2n) is 6.70. The number of hydrogen-bond acceptors (Lipinski definition) is 3. The van der Waals surface area contributed by atoms with Crippen LogP contribution < -0.4 is 10.6 Å². The van der Waals surface area contributed by atoms with Crippen molar-refractivity contribution in [3.8, 4) is 0 Å². The fourth-order valence-electron chi connectivity index (χ4n) is 2.41. The Hall–Kier alpha value is -2.14. The highest BCUT2D eigenvalue weighted by Crippen LogP contribution is 2.10. The van der Waals surface area contributed by atoms with Gasteiger partial charge in [0.05, 0.1) is 4.88 Å². The van der Waals surface area contributed by atoms with Gasteiger partial charge in [-0.15, -0.1) is 11.3 Å². The highest BCUT2D eigenvalue weighted by atomic mass is 32.1. The van der Waals surface area contributed by atoms with Crippen molar-refractivity contribution in [3.05, 3.63) is 57.8 Å². The topological polar surface area (TPSA) is 58.2 Å². The fourth-order valence-corrected chi connectivity index (χ4v) is 3.05. The summed E-state index contributed by atoms with van der Waals surface area (Å²) in [5, 5.41) is 7.79. The minimum absolute atomic E-state index is 0.0505. The van der Waals surface area contributed by atoms with E-state index in [2.05, 4.69) is 24.5 Å². The van der Waals surface area contributed by atoms with Crippen LogP contribution in [-0.2, 0) is 6.54 Å². The maximum atomic E-state index is 12.3. The van der Waals surface area contributed by atoms with Gasteiger partial charge in [-0.1, -0.05) is 32.0 Å². The van der Waals surface area contributed by atoms with Gasteiger partial charge in [0.15, 0.2) is 0 Å². The molecule has 0 radical (unpaired) electrons. The lowest BCUT2D eigenvalue weighted by Crippen LogP contribution is -2.32. The van der Waals surface area contributed by atoms with Crippen LogP contribution in [0.25, 0.3) is 0 Å². The molecule has 2 aromatic rings. The van der Waals surface area contributed by atoms with Gasteiger partial charge < -0.3 is 10.6 Å². The SMILES string of the molecule is CC(C)CC[C@@H](C)NC(=O)c1ccc(CNC(=O)c2cccs2)cc1. The molecule has 134 valence electrons. The monoisotopic (exact) mass is 358 g/mol. The number of nitrogens with one attached hydrogen (secondary N) is 2. The van der Waals surface area contributed by atoms with Crippen LogP contribution in [0.4, 0.5) is 0 Å². The molecule has 2 N–H and O–H groups in total. The zero-order chi connectivity index (χ0) is 18.2. The number of carbonyl (C=O) groups excluding carboxylic acids is 2. The van der Waals surface area contributed by atoms with E-state index in [1.54, 1.807) is 18.2 Å². The second kappa shape index (κ2) is 9.37. The quantitative estimate of drug-likeness (QED) is 0.742. The van der Waals surface area contributed by atoms with Gasteiger partial charge in [0, 0.05) is 18.2 Å². The molecule has 0 spiro atoms. The van der Waals surface area contributed by atoms with E-state index < -0.39 is 0 Å². The first kappa shape index (κ1) is 19.2. The summed E-state index contributed by atoms with van der Waals surface area (Å²) >= 11 is 1.42. The number of amides is 2. The molecule has 1 aromatic heterocycles. The summed E-state index contributed by atoms with van der Waals surface area (Å²) in [5.41, 5.74) is 1.61. The van der Waals surface area contributed by atoms with Gasteiger partial charge in [0.2, 0.25) is 0 Å². The highest BCUT2D eigenvalue weighted by Gasteiger charge is 2.11. The Morgan fingerprint density at radius 1 is 1.00 bits per heavy atom. The van der Waals surface area contributed by atoms with Crippen LogP contribution >= 0.6 is 11.3 Å². The van der Waals surface area contributed by atoms with E-state index >= 15 is 0 Å². The largest absolute Gasteiger partial charge is 0.350 e. The molecule has 4 nitrogen and oxygen atoms in total. The van der Waals surface area contributed by atoms with Gasteiger partial charge in [0.1, 0.15) is 0 Å². The Kier molecular flexibility index (Phi) is 7.19. The van der Waals surface area contributed by atoms with Crippen molar-refractivity contribution >= 4 is 23.2 Å². The molecular weight excluding hydrogens is 332 g/mol. The molecule has 25 heavy (non-hydrogen) atoms.